The SMILES string of the molecule is O=C(c1ccccc1)c1cccc2oc(NC3CCCCC3)cc12. The number of hydrogen-bond acceptors (Lipinski definition) is 3. The van der Waals surface area contributed by atoms with Crippen molar-refractivity contribution in [3.05, 3.63) is 65.7 Å². The molecule has 3 heteroatoms. The summed E-state index contributed by atoms with van der Waals surface area (Å²) < 4.78 is 5.93. The van der Waals surface area contributed by atoms with Gasteiger partial charge in [-0.3, -0.25) is 4.79 Å². The second kappa shape index (κ2) is 6.52. The van der Waals surface area contributed by atoms with Gasteiger partial charge in [-0.2, -0.15) is 0 Å². The van der Waals surface area contributed by atoms with Crippen LogP contribution in [0.1, 0.15) is 48.0 Å². The molecule has 0 atom stereocenters. The predicted molar refractivity (Wildman–Crippen MR) is 96.6 cm³/mol. The van der Waals surface area contributed by atoms with Gasteiger partial charge >= 0.3 is 0 Å². The summed E-state index contributed by atoms with van der Waals surface area (Å²) in [7, 11) is 0. The number of anilines is 1. The molecule has 0 bridgehead atoms. The predicted octanol–water partition coefficient (Wildman–Crippen LogP) is 5.41. The average molecular weight is 319 g/mol. The molecule has 0 aliphatic heterocycles. The summed E-state index contributed by atoms with van der Waals surface area (Å²) >= 11 is 0. The molecule has 0 saturated heterocycles. The van der Waals surface area contributed by atoms with Crippen molar-refractivity contribution in [2.24, 2.45) is 0 Å². The van der Waals surface area contributed by atoms with Crippen molar-refractivity contribution in [2.45, 2.75) is 38.1 Å². The zero-order valence-electron chi connectivity index (χ0n) is 13.6. The molecule has 1 N–H and O–H groups in total. The van der Waals surface area contributed by atoms with Crippen molar-refractivity contribution in [1.82, 2.24) is 0 Å². The first-order valence-corrected chi connectivity index (χ1v) is 8.70. The Morgan fingerprint density at radius 1 is 0.958 bits per heavy atom. The Kier molecular flexibility index (Phi) is 4.08. The summed E-state index contributed by atoms with van der Waals surface area (Å²) in [6, 6.07) is 17.5. The third-order valence-electron chi connectivity index (χ3n) is 4.79. The first kappa shape index (κ1) is 15.0. The van der Waals surface area contributed by atoms with Crippen LogP contribution >= 0.6 is 0 Å². The Bertz CT molecular complexity index is 845. The number of fused-ring (bicyclic) bond motifs is 1. The van der Waals surface area contributed by atoms with Crippen LogP contribution < -0.4 is 5.32 Å². The lowest BCUT2D eigenvalue weighted by atomic mass is 9.95. The molecule has 4 rings (SSSR count). The molecular weight excluding hydrogens is 298 g/mol. The summed E-state index contributed by atoms with van der Waals surface area (Å²) in [5.74, 6) is 0.802. The number of furan rings is 1. The average Bonchev–Trinajstić information content (AvgIpc) is 3.05. The molecule has 122 valence electrons. The van der Waals surface area contributed by atoms with Gasteiger partial charge in [-0.15, -0.1) is 0 Å². The van der Waals surface area contributed by atoms with E-state index in [0.29, 0.717) is 17.2 Å². The van der Waals surface area contributed by atoms with E-state index in [1.807, 2.05) is 54.6 Å². The minimum absolute atomic E-state index is 0.0335. The molecule has 24 heavy (non-hydrogen) atoms. The van der Waals surface area contributed by atoms with Crippen LogP contribution in [0.15, 0.2) is 59.0 Å². The zero-order valence-corrected chi connectivity index (χ0v) is 13.6. The maximum Gasteiger partial charge on any atom is 0.194 e. The summed E-state index contributed by atoms with van der Waals surface area (Å²) in [5, 5.41) is 4.38. The van der Waals surface area contributed by atoms with Gasteiger partial charge in [-0.25, -0.2) is 0 Å². The van der Waals surface area contributed by atoms with Gasteiger partial charge in [-0.05, 0) is 18.9 Å². The van der Waals surface area contributed by atoms with Gasteiger partial charge in [0, 0.05) is 28.6 Å². The first-order chi connectivity index (χ1) is 11.8. The molecule has 0 spiro atoms. The van der Waals surface area contributed by atoms with E-state index in [-0.39, 0.29) is 5.78 Å². The smallest absolute Gasteiger partial charge is 0.194 e. The number of carbonyl (C=O) groups excluding carboxylic acids is 1. The van der Waals surface area contributed by atoms with Crippen LogP contribution in [0.4, 0.5) is 5.88 Å². The van der Waals surface area contributed by atoms with Crippen molar-refractivity contribution in [2.75, 3.05) is 5.32 Å². The second-order valence-corrected chi connectivity index (χ2v) is 6.50. The van der Waals surface area contributed by atoms with E-state index in [1.54, 1.807) is 0 Å². The number of hydrogen-bond donors (Lipinski definition) is 1. The van der Waals surface area contributed by atoms with Crippen molar-refractivity contribution in [3.8, 4) is 0 Å². The van der Waals surface area contributed by atoms with Gasteiger partial charge in [0.05, 0.1) is 0 Å². The summed E-state index contributed by atoms with van der Waals surface area (Å²) in [6.07, 6.45) is 6.25. The van der Waals surface area contributed by atoms with Crippen LogP contribution in [0.2, 0.25) is 0 Å². The summed E-state index contributed by atoms with van der Waals surface area (Å²) in [5.41, 5.74) is 2.15. The van der Waals surface area contributed by atoms with Crippen molar-refractivity contribution < 1.29 is 9.21 Å². The molecule has 1 aromatic heterocycles. The minimum Gasteiger partial charge on any atom is -0.441 e. The number of benzene rings is 2. The molecule has 0 amide bonds. The molecule has 0 radical (unpaired) electrons. The normalized spacial score (nSPS) is 15.5. The van der Waals surface area contributed by atoms with Crippen molar-refractivity contribution >= 4 is 22.6 Å². The molecule has 0 unspecified atom stereocenters. The summed E-state index contributed by atoms with van der Waals surface area (Å²) in [4.78, 5) is 12.8. The molecular formula is C21H21NO2. The van der Waals surface area contributed by atoms with Crippen LogP contribution in [0, 0.1) is 0 Å². The van der Waals surface area contributed by atoms with E-state index in [9.17, 15) is 4.79 Å². The zero-order chi connectivity index (χ0) is 16.4. The fraction of sp³-hybridized carbons (Fsp3) is 0.286. The van der Waals surface area contributed by atoms with Gasteiger partial charge in [0.25, 0.3) is 0 Å². The maximum absolute atomic E-state index is 12.8. The fourth-order valence-corrected chi connectivity index (χ4v) is 3.52. The molecule has 1 heterocycles. The minimum atomic E-state index is 0.0335. The molecule has 3 aromatic rings. The van der Waals surface area contributed by atoms with Gasteiger partial charge in [0.15, 0.2) is 11.7 Å². The largest absolute Gasteiger partial charge is 0.441 e. The topological polar surface area (TPSA) is 42.2 Å². The second-order valence-electron chi connectivity index (χ2n) is 6.50. The Morgan fingerprint density at radius 3 is 2.54 bits per heavy atom. The fourth-order valence-electron chi connectivity index (χ4n) is 3.52. The Balaban J connectivity index is 1.66. The Hall–Kier alpha value is -2.55. The Morgan fingerprint density at radius 2 is 1.75 bits per heavy atom. The van der Waals surface area contributed by atoms with E-state index < -0.39 is 0 Å². The lowest BCUT2D eigenvalue weighted by Gasteiger charge is -2.22. The highest BCUT2D eigenvalue weighted by molar-refractivity contribution is 6.16. The Labute approximate surface area is 141 Å². The molecule has 3 nitrogen and oxygen atoms in total. The molecule has 1 aliphatic carbocycles. The van der Waals surface area contributed by atoms with Gasteiger partial charge in [0.1, 0.15) is 5.58 Å². The van der Waals surface area contributed by atoms with Gasteiger partial charge in [0.2, 0.25) is 0 Å². The number of carbonyl (C=O) groups is 1. The number of rotatable bonds is 4. The molecule has 2 aromatic carbocycles. The van der Waals surface area contributed by atoms with Crippen molar-refractivity contribution in [1.29, 1.82) is 0 Å². The molecule has 1 saturated carbocycles. The first-order valence-electron chi connectivity index (χ1n) is 8.70. The number of ketones is 1. The third-order valence-corrected chi connectivity index (χ3v) is 4.79. The van der Waals surface area contributed by atoms with E-state index >= 15 is 0 Å². The monoisotopic (exact) mass is 319 g/mol. The maximum atomic E-state index is 12.8. The van der Waals surface area contributed by atoms with Crippen LogP contribution in [0.5, 0.6) is 0 Å². The highest BCUT2D eigenvalue weighted by Crippen LogP contribution is 2.30. The van der Waals surface area contributed by atoms with Gasteiger partial charge < -0.3 is 9.73 Å². The molecule has 1 aliphatic rings. The lowest BCUT2D eigenvalue weighted by Crippen LogP contribution is -2.21. The van der Waals surface area contributed by atoms with E-state index in [4.69, 9.17) is 4.42 Å². The highest BCUT2D eigenvalue weighted by atomic mass is 16.3. The van der Waals surface area contributed by atoms with E-state index in [2.05, 4.69) is 5.32 Å². The molecule has 1 fully saturated rings. The quantitative estimate of drug-likeness (QED) is 0.654. The van der Waals surface area contributed by atoms with Crippen LogP contribution in [0.3, 0.4) is 0 Å². The van der Waals surface area contributed by atoms with Crippen LogP contribution in [-0.2, 0) is 0 Å². The standard InChI is InChI=1S/C21H21NO2/c23-21(15-8-3-1-4-9-15)17-12-7-13-19-18(17)14-20(24-19)22-16-10-5-2-6-11-16/h1,3-4,7-9,12-14,16,22H,2,5-6,10-11H2. The lowest BCUT2D eigenvalue weighted by molar-refractivity contribution is 0.104. The summed E-state index contributed by atoms with van der Waals surface area (Å²) in [6.45, 7) is 0. The van der Waals surface area contributed by atoms with Crippen LogP contribution in [0.25, 0.3) is 11.0 Å². The van der Waals surface area contributed by atoms with Gasteiger partial charge in [-0.1, -0.05) is 61.7 Å². The van der Waals surface area contributed by atoms with E-state index in [1.165, 1.54) is 32.1 Å². The van der Waals surface area contributed by atoms with E-state index in [0.717, 1.165) is 16.9 Å². The third kappa shape index (κ3) is 2.94. The van der Waals surface area contributed by atoms with Crippen LogP contribution in [-0.4, -0.2) is 11.8 Å². The van der Waals surface area contributed by atoms with Crippen molar-refractivity contribution in [3.63, 3.8) is 0 Å². The highest BCUT2D eigenvalue weighted by Gasteiger charge is 2.18. The number of nitrogens with one attached hydrogen (secondary N) is 1.